The monoisotopic (exact) mass is 494 g/mol. The molecule has 0 saturated heterocycles. The maximum Gasteiger partial charge on any atom is 0.338 e. The molecule has 0 atom stereocenters. The van der Waals surface area contributed by atoms with Crippen LogP contribution in [0.5, 0.6) is 0 Å². The maximum absolute atomic E-state index is 13.0. The van der Waals surface area contributed by atoms with Gasteiger partial charge in [-0.3, -0.25) is 19.7 Å². The topological polar surface area (TPSA) is 107 Å². The Morgan fingerprint density at radius 1 is 1.00 bits per heavy atom. The molecule has 2 amide bonds. The molecule has 0 aromatic heterocycles. The lowest BCUT2D eigenvalue weighted by Crippen LogP contribution is -2.30. The molecule has 0 N–H and O–H groups in total. The molecule has 0 saturated carbocycles. The number of nitro groups is 1. The van der Waals surface area contributed by atoms with Gasteiger partial charge in [-0.25, -0.2) is 9.69 Å². The molecular weight excluding hydrogens is 480 g/mol. The summed E-state index contributed by atoms with van der Waals surface area (Å²) in [4.78, 5) is 49.9. The van der Waals surface area contributed by atoms with Gasteiger partial charge in [0.25, 0.3) is 17.5 Å². The second-order valence-electron chi connectivity index (χ2n) is 7.16. The highest BCUT2D eigenvalue weighted by Crippen LogP contribution is 2.35. The van der Waals surface area contributed by atoms with Crippen LogP contribution in [0.3, 0.4) is 0 Å². The summed E-state index contributed by atoms with van der Waals surface area (Å²) in [5.41, 5.74) is 1.08. The van der Waals surface area contributed by atoms with Crippen molar-refractivity contribution in [3.63, 3.8) is 0 Å². The molecule has 0 aliphatic carbocycles. The molecule has 3 aromatic carbocycles. The first-order valence-corrected chi connectivity index (χ1v) is 10.2. The Morgan fingerprint density at radius 2 is 1.69 bits per heavy atom. The van der Waals surface area contributed by atoms with Crippen molar-refractivity contribution in [3.05, 3.63) is 103 Å². The second kappa shape index (κ2) is 8.35. The predicted molar refractivity (Wildman–Crippen MR) is 119 cm³/mol. The standard InChI is InChI=1S/C23H15BrN2O6/c1-13-2-9-19(20(10-13)26(30)31)25-21(27)17-8-5-15(11-18(17)22(25)28)23(29)32-12-14-3-6-16(24)7-4-14/h2-11H,12H2,1H3. The second-order valence-corrected chi connectivity index (χ2v) is 8.07. The first-order valence-electron chi connectivity index (χ1n) is 9.45. The van der Waals surface area contributed by atoms with Crippen molar-refractivity contribution >= 4 is 45.1 Å². The highest BCUT2D eigenvalue weighted by Gasteiger charge is 2.40. The van der Waals surface area contributed by atoms with E-state index in [4.69, 9.17) is 4.74 Å². The van der Waals surface area contributed by atoms with Gasteiger partial charge in [0.2, 0.25) is 0 Å². The number of amides is 2. The van der Waals surface area contributed by atoms with Gasteiger partial charge < -0.3 is 4.74 Å². The van der Waals surface area contributed by atoms with Crippen LogP contribution < -0.4 is 4.90 Å². The zero-order valence-electron chi connectivity index (χ0n) is 16.7. The lowest BCUT2D eigenvalue weighted by molar-refractivity contribution is -0.384. The van der Waals surface area contributed by atoms with E-state index in [1.165, 1.54) is 30.3 Å². The molecule has 160 valence electrons. The van der Waals surface area contributed by atoms with E-state index in [1.807, 2.05) is 12.1 Å². The van der Waals surface area contributed by atoms with Crippen molar-refractivity contribution in [2.45, 2.75) is 13.5 Å². The molecule has 0 unspecified atom stereocenters. The zero-order valence-corrected chi connectivity index (χ0v) is 18.3. The molecule has 9 heteroatoms. The molecule has 3 aromatic rings. The number of hydrogen-bond acceptors (Lipinski definition) is 6. The van der Waals surface area contributed by atoms with Crippen molar-refractivity contribution in [2.75, 3.05) is 4.90 Å². The average Bonchev–Trinajstić information content (AvgIpc) is 3.02. The molecule has 4 rings (SSSR count). The molecule has 1 aliphatic rings. The van der Waals surface area contributed by atoms with Crippen LogP contribution in [-0.2, 0) is 11.3 Å². The number of anilines is 1. The number of carbonyl (C=O) groups is 3. The Labute approximate surface area is 190 Å². The van der Waals surface area contributed by atoms with Crippen molar-refractivity contribution < 1.29 is 24.0 Å². The number of fused-ring (bicyclic) bond motifs is 1. The van der Waals surface area contributed by atoms with Crippen LogP contribution in [-0.4, -0.2) is 22.7 Å². The van der Waals surface area contributed by atoms with Gasteiger partial charge in [0.05, 0.1) is 21.6 Å². The molecule has 1 heterocycles. The molecule has 1 aliphatic heterocycles. The van der Waals surface area contributed by atoms with Gasteiger partial charge in [-0.2, -0.15) is 0 Å². The average molecular weight is 495 g/mol. The van der Waals surface area contributed by atoms with E-state index in [0.717, 1.165) is 14.9 Å². The maximum atomic E-state index is 13.0. The van der Waals surface area contributed by atoms with E-state index in [9.17, 15) is 24.5 Å². The van der Waals surface area contributed by atoms with Crippen molar-refractivity contribution in [2.24, 2.45) is 0 Å². The third kappa shape index (κ3) is 3.90. The van der Waals surface area contributed by atoms with Crippen molar-refractivity contribution in [1.29, 1.82) is 0 Å². The Kier molecular flexibility index (Phi) is 5.58. The zero-order chi connectivity index (χ0) is 23.0. The van der Waals surface area contributed by atoms with Gasteiger partial charge in [0.1, 0.15) is 12.3 Å². The van der Waals surface area contributed by atoms with E-state index >= 15 is 0 Å². The van der Waals surface area contributed by atoms with Gasteiger partial charge in [-0.05, 0) is 54.4 Å². The number of esters is 1. The molecule has 8 nitrogen and oxygen atoms in total. The molecule has 32 heavy (non-hydrogen) atoms. The third-order valence-electron chi connectivity index (χ3n) is 4.97. The van der Waals surface area contributed by atoms with E-state index in [0.29, 0.717) is 5.56 Å². The van der Waals surface area contributed by atoms with Crippen LogP contribution in [0.15, 0.2) is 65.1 Å². The number of nitro benzene ring substituents is 1. The summed E-state index contributed by atoms with van der Waals surface area (Å²) in [6.45, 7) is 1.71. The lowest BCUT2D eigenvalue weighted by atomic mass is 10.1. The number of rotatable bonds is 5. The number of nitrogens with zero attached hydrogens (tertiary/aromatic N) is 2. The van der Waals surface area contributed by atoms with Gasteiger partial charge >= 0.3 is 5.97 Å². The third-order valence-corrected chi connectivity index (χ3v) is 5.50. The fraction of sp³-hybridized carbons (Fsp3) is 0.0870. The van der Waals surface area contributed by atoms with Crippen molar-refractivity contribution in [3.8, 4) is 0 Å². The Balaban J connectivity index is 1.60. The van der Waals surface area contributed by atoms with Crippen LogP contribution in [0.25, 0.3) is 0 Å². The summed E-state index contributed by atoms with van der Waals surface area (Å²) in [7, 11) is 0. The first kappa shape index (κ1) is 21.4. The number of benzene rings is 3. The summed E-state index contributed by atoms with van der Waals surface area (Å²) in [6.07, 6.45) is 0. The predicted octanol–water partition coefficient (Wildman–Crippen LogP) is 4.82. The Bertz CT molecular complexity index is 1290. The Hall–Kier alpha value is -3.85. The molecule has 0 bridgehead atoms. The first-order chi connectivity index (χ1) is 15.3. The highest BCUT2D eigenvalue weighted by atomic mass is 79.9. The van der Waals surface area contributed by atoms with E-state index in [-0.39, 0.29) is 34.7 Å². The van der Waals surface area contributed by atoms with Crippen molar-refractivity contribution in [1.82, 2.24) is 0 Å². The van der Waals surface area contributed by atoms with Gasteiger partial charge in [0.15, 0.2) is 0 Å². The van der Waals surface area contributed by atoms with Crippen LogP contribution in [0.2, 0.25) is 0 Å². The lowest BCUT2D eigenvalue weighted by Gasteiger charge is -2.14. The summed E-state index contributed by atoms with van der Waals surface area (Å²) in [5.74, 6) is -2.08. The fourth-order valence-electron chi connectivity index (χ4n) is 3.37. The van der Waals surface area contributed by atoms with E-state index < -0.39 is 22.7 Å². The van der Waals surface area contributed by atoms with Crippen LogP contribution in [0.1, 0.15) is 42.2 Å². The minimum absolute atomic E-state index is 0.0111. The molecule has 0 spiro atoms. The number of imide groups is 1. The number of carbonyl (C=O) groups excluding carboxylic acids is 3. The number of hydrogen-bond donors (Lipinski definition) is 0. The van der Waals surface area contributed by atoms with Gasteiger partial charge in [-0.15, -0.1) is 0 Å². The number of aryl methyl sites for hydroxylation is 1. The van der Waals surface area contributed by atoms with Crippen LogP contribution in [0, 0.1) is 17.0 Å². The van der Waals surface area contributed by atoms with Gasteiger partial charge in [0, 0.05) is 10.5 Å². The fourth-order valence-corrected chi connectivity index (χ4v) is 3.63. The minimum atomic E-state index is -0.737. The summed E-state index contributed by atoms with van der Waals surface area (Å²) < 4.78 is 6.19. The SMILES string of the molecule is Cc1ccc(N2C(=O)c3ccc(C(=O)OCc4ccc(Br)cc4)cc3C2=O)c([N+](=O)[O-])c1. The Morgan fingerprint density at radius 3 is 2.38 bits per heavy atom. The summed E-state index contributed by atoms with van der Waals surface area (Å²) in [6, 6.07) is 15.5. The highest BCUT2D eigenvalue weighted by molar-refractivity contribution is 9.10. The van der Waals surface area contributed by atoms with Crippen LogP contribution >= 0.6 is 15.9 Å². The summed E-state index contributed by atoms with van der Waals surface area (Å²) >= 11 is 3.33. The van der Waals surface area contributed by atoms with E-state index in [1.54, 1.807) is 25.1 Å². The smallest absolute Gasteiger partial charge is 0.338 e. The normalized spacial score (nSPS) is 12.6. The largest absolute Gasteiger partial charge is 0.457 e. The van der Waals surface area contributed by atoms with Gasteiger partial charge in [-0.1, -0.05) is 34.1 Å². The van der Waals surface area contributed by atoms with E-state index in [2.05, 4.69) is 15.9 Å². The summed E-state index contributed by atoms with van der Waals surface area (Å²) in [5, 5.41) is 11.5. The number of ether oxygens (including phenoxy) is 1. The number of halogens is 1. The molecule has 0 radical (unpaired) electrons. The molecule has 0 fully saturated rings. The molecular formula is C23H15BrN2O6. The minimum Gasteiger partial charge on any atom is -0.457 e. The quantitative estimate of drug-likeness (QED) is 0.217. The van der Waals surface area contributed by atoms with Crippen LogP contribution in [0.4, 0.5) is 11.4 Å².